The Balaban J connectivity index is 1.75. The Hall–Kier alpha value is -2.19. The zero-order valence-electron chi connectivity index (χ0n) is 13.4. The van der Waals surface area contributed by atoms with Crippen molar-refractivity contribution in [1.82, 2.24) is 19.7 Å². The van der Waals surface area contributed by atoms with Crippen LogP contribution in [-0.2, 0) is 10.0 Å². The fraction of sp³-hybridized carbons (Fsp3) is 0.375. The van der Waals surface area contributed by atoms with Gasteiger partial charge in [-0.2, -0.15) is 0 Å². The summed E-state index contributed by atoms with van der Waals surface area (Å²) >= 11 is 0. The summed E-state index contributed by atoms with van der Waals surface area (Å²) in [5, 5.41) is 2.09. The summed E-state index contributed by atoms with van der Waals surface area (Å²) in [5.74, 6) is 0. The van der Waals surface area contributed by atoms with E-state index in [2.05, 4.69) is 30.6 Å². The van der Waals surface area contributed by atoms with Crippen LogP contribution in [-0.4, -0.2) is 48.8 Å². The number of aromatic nitrogens is 3. The van der Waals surface area contributed by atoms with Crippen LogP contribution in [0.4, 0.5) is 5.69 Å². The van der Waals surface area contributed by atoms with Gasteiger partial charge < -0.3 is 9.88 Å². The summed E-state index contributed by atoms with van der Waals surface area (Å²) < 4.78 is 25.8. The Bertz CT molecular complexity index is 998. The number of anilines is 1. The van der Waals surface area contributed by atoms with Crippen LogP contribution in [0.2, 0.25) is 0 Å². The number of fused-ring (bicyclic) bond motifs is 3. The summed E-state index contributed by atoms with van der Waals surface area (Å²) in [7, 11) is -3.20. The number of hydrogen-bond acceptors (Lipinski definition) is 5. The van der Waals surface area contributed by atoms with E-state index in [-0.39, 0.29) is 6.04 Å². The van der Waals surface area contributed by atoms with Crippen molar-refractivity contribution in [2.75, 3.05) is 24.2 Å². The second kappa shape index (κ2) is 5.71. The van der Waals surface area contributed by atoms with Gasteiger partial charge in [0.1, 0.15) is 0 Å². The van der Waals surface area contributed by atoms with Crippen LogP contribution >= 0.6 is 0 Å². The molecule has 0 radical (unpaired) electrons. The van der Waals surface area contributed by atoms with Crippen molar-refractivity contribution < 1.29 is 8.42 Å². The molecule has 3 aromatic rings. The molecule has 2 N–H and O–H groups in total. The summed E-state index contributed by atoms with van der Waals surface area (Å²) in [6.07, 6.45) is 8.50. The lowest BCUT2D eigenvalue weighted by Gasteiger charge is -2.34. The highest BCUT2D eigenvalue weighted by atomic mass is 32.2. The number of pyridine rings is 2. The van der Waals surface area contributed by atoms with Crippen molar-refractivity contribution in [3.05, 3.63) is 30.7 Å². The molecule has 1 fully saturated rings. The van der Waals surface area contributed by atoms with Crippen molar-refractivity contribution in [1.29, 1.82) is 0 Å². The van der Waals surface area contributed by atoms with E-state index in [1.807, 2.05) is 18.5 Å². The second-order valence-corrected chi connectivity index (χ2v) is 8.05. The summed E-state index contributed by atoms with van der Waals surface area (Å²) in [5.41, 5.74) is 2.69. The van der Waals surface area contributed by atoms with Crippen molar-refractivity contribution in [3.63, 3.8) is 0 Å². The quantitative estimate of drug-likeness (QED) is 0.753. The van der Waals surface area contributed by atoms with E-state index in [1.54, 1.807) is 6.20 Å². The highest BCUT2D eigenvalue weighted by Crippen LogP contribution is 2.33. The van der Waals surface area contributed by atoms with E-state index in [0.717, 1.165) is 47.0 Å². The lowest BCUT2D eigenvalue weighted by Crippen LogP contribution is -2.47. The van der Waals surface area contributed by atoms with Crippen LogP contribution in [0.5, 0.6) is 0 Å². The SMILES string of the molecule is CS(=O)(=O)NC1CCCN(c2cnc3ncc4[nH]cccc4c23)C1. The number of nitrogens with one attached hydrogen (secondary N) is 2. The van der Waals surface area contributed by atoms with Gasteiger partial charge in [0.15, 0.2) is 5.65 Å². The molecule has 1 unspecified atom stereocenters. The monoisotopic (exact) mass is 345 g/mol. The molecule has 1 atom stereocenters. The maximum absolute atomic E-state index is 11.5. The number of rotatable bonds is 3. The molecule has 126 valence electrons. The first-order valence-electron chi connectivity index (χ1n) is 7.94. The van der Waals surface area contributed by atoms with Crippen LogP contribution in [0.3, 0.4) is 0 Å². The highest BCUT2D eigenvalue weighted by Gasteiger charge is 2.25. The lowest BCUT2D eigenvalue weighted by atomic mass is 10.1. The molecule has 4 heterocycles. The van der Waals surface area contributed by atoms with E-state index >= 15 is 0 Å². The van der Waals surface area contributed by atoms with Crippen LogP contribution in [0.15, 0.2) is 30.7 Å². The van der Waals surface area contributed by atoms with Crippen molar-refractivity contribution in [3.8, 4) is 0 Å². The molecule has 1 saturated heterocycles. The van der Waals surface area contributed by atoms with Gasteiger partial charge in [-0.1, -0.05) is 6.07 Å². The zero-order valence-corrected chi connectivity index (χ0v) is 14.2. The fourth-order valence-corrected chi connectivity index (χ4v) is 4.26. The molecule has 3 aromatic heterocycles. The number of nitrogens with zero attached hydrogens (tertiary/aromatic N) is 3. The van der Waals surface area contributed by atoms with E-state index < -0.39 is 10.0 Å². The number of piperidine rings is 1. The summed E-state index contributed by atoms with van der Waals surface area (Å²) in [6, 6.07) is 3.94. The Kier molecular flexibility index (Phi) is 3.65. The molecule has 0 aromatic carbocycles. The van der Waals surface area contributed by atoms with Gasteiger partial charge in [-0.15, -0.1) is 0 Å². The minimum Gasteiger partial charge on any atom is -0.368 e. The molecule has 1 aliphatic rings. The van der Waals surface area contributed by atoms with Crippen LogP contribution < -0.4 is 9.62 Å². The predicted molar refractivity (Wildman–Crippen MR) is 94.6 cm³/mol. The third-order valence-electron chi connectivity index (χ3n) is 4.41. The molecule has 0 bridgehead atoms. The Morgan fingerprint density at radius 2 is 2.17 bits per heavy atom. The molecular formula is C16H19N5O2S. The highest BCUT2D eigenvalue weighted by molar-refractivity contribution is 7.88. The van der Waals surface area contributed by atoms with Gasteiger partial charge in [0.25, 0.3) is 0 Å². The van der Waals surface area contributed by atoms with Gasteiger partial charge in [0.05, 0.1) is 35.2 Å². The number of aromatic amines is 1. The average molecular weight is 345 g/mol. The smallest absolute Gasteiger partial charge is 0.209 e. The predicted octanol–water partition coefficient (Wildman–Crippen LogP) is 1.63. The maximum atomic E-state index is 11.5. The van der Waals surface area contributed by atoms with Gasteiger partial charge in [-0.25, -0.2) is 23.1 Å². The van der Waals surface area contributed by atoms with E-state index in [1.165, 1.54) is 6.26 Å². The van der Waals surface area contributed by atoms with E-state index in [9.17, 15) is 8.42 Å². The van der Waals surface area contributed by atoms with Gasteiger partial charge in [-0.3, -0.25) is 0 Å². The number of sulfonamides is 1. The van der Waals surface area contributed by atoms with Crippen molar-refractivity contribution >= 4 is 37.6 Å². The summed E-state index contributed by atoms with van der Waals surface area (Å²) in [4.78, 5) is 14.3. The number of hydrogen-bond donors (Lipinski definition) is 2. The zero-order chi connectivity index (χ0) is 16.7. The van der Waals surface area contributed by atoms with Gasteiger partial charge in [0, 0.05) is 30.7 Å². The van der Waals surface area contributed by atoms with E-state index in [0.29, 0.717) is 6.54 Å². The van der Waals surface area contributed by atoms with Crippen LogP contribution in [0.1, 0.15) is 12.8 Å². The normalized spacial score (nSPS) is 19.2. The van der Waals surface area contributed by atoms with Gasteiger partial charge in [0.2, 0.25) is 10.0 Å². The lowest BCUT2D eigenvalue weighted by molar-refractivity contribution is 0.468. The molecule has 4 rings (SSSR count). The first kappa shape index (κ1) is 15.3. The Morgan fingerprint density at radius 3 is 3.00 bits per heavy atom. The Morgan fingerprint density at radius 1 is 1.33 bits per heavy atom. The molecule has 0 aliphatic carbocycles. The minimum absolute atomic E-state index is 0.0757. The average Bonchev–Trinajstić information content (AvgIpc) is 2.98. The van der Waals surface area contributed by atoms with Crippen molar-refractivity contribution in [2.24, 2.45) is 0 Å². The second-order valence-electron chi connectivity index (χ2n) is 6.27. The number of H-pyrrole nitrogens is 1. The van der Waals surface area contributed by atoms with Crippen molar-refractivity contribution in [2.45, 2.75) is 18.9 Å². The van der Waals surface area contributed by atoms with E-state index in [4.69, 9.17) is 0 Å². The van der Waals surface area contributed by atoms with Crippen LogP contribution in [0, 0.1) is 0 Å². The molecule has 0 saturated carbocycles. The largest absolute Gasteiger partial charge is 0.368 e. The molecule has 0 amide bonds. The molecule has 1 aliphatic heterocycles. The summed E-state index contributed by atoms with van der Waals surface area (Å²) in [6.45, 7) is 1.52. The standard InChI is InChI=1S/C16H19N5O2S/c1-24(22,23)20-11-4-3-7-21(10-11)14-9-19-16-15(14)12-5-2-6-17-13(12)8-18-16/h2,5-6,8-9,11,17,20H,3-4,7,10H2,1H3. The first-order valence-corrected chi connectivity index (χ1v) is 9.83. The van der Waals surface area contributed by atoms with Gasteiger partial charge in [-0.05, 0) is 18.9 Å². The third-order valence-corrected chi connectivity index (χ3v) is 5.17. The molecule has 24 heavy (non-hydrogen) atoms. The third kappa shape index (κ3) is 2.83. The first-order chi connectivity index (χ1) is 11.5. The van der Waals surface area contributed by atoms with Gasteiger partial charge >= 0.3 is 0 Å². The Labute approximate surface area is 140 Å². The minimum atomic E-state index is -3.20. The molecular weight excluding hydrogens is 326 g/mol. The maximum Gasteiger partial charge on any atom is 0.209 e. The molecule has 7 nitrogen and oxygen atoms in total. The topological polar surface area (TPSA) is 91.0 Å². The molecule has 8 heteroatoms. The fourth-order valence-electron chi connectivity index (χ4n) is 3.46. The van der Waals surface area contributed by atoms with Crippen LogP contribution in [0.25, 0.3) is 21.9 Å². The molecule has 0 spiro atoms.